The number of aryl methyl sites for hydroxylation is 2. The maximum absolute atomic E-state index is 13.6. The van der Waals surface area contributed by atoms with Crippen LogP contribution in [0.2, 0.25) is 5.02 Å². The highest BCUT2D eigenvalue weighted by atomic mass is 35.5. The number of hydrogen-bond acceptors (Lipinski definition) is 7. The number of nitrogens with zero attached hydrogens (tertiary/aromatic N) is 6. The largest absolute Gasteiger partial charge is 0.467 e. The van der Waals surface area contributed by atoms with Gasteiger partial charge in [0.25, 0.3) is 5.91 Å². The molecule has 1 unspecified atom stereocenters. The van der Waals surface area contributed by atoms with Crippen molar-refractivity contribution in [3.8, 4) is 12.1 Å². The van der Waals surface area contributed by atoms with Crippen LogP contribution in [0.1, 0.15) is 55.8 Å². The van der Waals surface area contributed by atoms with Crippen molar-refractivity contribution in [2.75, 3.05) is 51.8 Å². The number of piperazine rings is 1. The van der Waals surface area contributed by atoms with E-state index in [-0.39, 0.29) is 19.0 Å². The number of amides is 1. The maximum Gasteiger partial charge on any atom is 0.318 e. The van der Waals surface area contributed by atoms with Crippen molar-refractivity contribution in [1.82, 2.24) is 19.8 Å². The van der Waals surface area contributed by atoms with Gasteiger partial charge in [-0.3, -0.25) is 4.79 Å². The molecule has 0 bridgehead atoms. The van der Waals surface area contributed by atoms with Crippen molar-refractivity contribution in [1.29, 1.82) is 5.26 Å². The number of hydrogen-bond donors (Lipinski definition) is 0. The zero-order valence-corrected chi connectivity index (χ0v) is 25.3. The van der Waals surface area contributed by atoms with Gasteiger partial charge < -0.3 is 19.4 Å². The molecule has 1 aromatic heterocycles. The van der Waals surface area contributed by atoms with E-state index in [4.69, 9.17) is 16.3 Å². The van der Waals surface area contributed by atoms with Crippen LogP contribution >= 0.6 is 11.6 Å². The quantitative estimate of drug-likeness (QED) is 0.346. The van der Waals surface area contributed by atoms with Crippen LogP contribution < -0.4 is 9.64 Å². The molecule has 3 heterocycles. The molecule has 2 saturated heterocycles. The van der Waals surface area contributed by atoms with Crippen molar-refractivity contribution in [3.63, 3.8) is 0 Å². The zero-order valence-electron chi connectivity index (χ0n) is 24.5. The molecule has 222 valence electrons. The van der Waals surface area contributed by atoms with Gasteiger partial charge in [0.15, 0.2) is 5.83 Å². The zero-order chi connectivity index (χ0) is 29.8. The van der Waals surface area contributed by atoms with Gasteiger partial charge in [-0.25, -0.2) is 4.39 Å². The number of aromatic nitrogens is 2. The van der Waals surface area contributed by atoms with Gasteiger partial charge in [0.05, 0.1) is 31.3 Å². The van der Waals surface area contributed by atoms with Gasteiger partial charge in [0, 0.05) is 30.2 Å². The molecule has 10 heteroatoms. The van der Waals surface area contributed by atoms with Crippen LogP contribution in [0.4, 0.5) is 10.2 Å². The molecule has 8 nitrogen and oxygen atoms in total. The summed E-state index contributed by atoms with van der Waals surface area (Å²) in [6, 6.07) is 9.75. The number of halogens is 2. The number of carbonyl (C=O) groups excluding carboxylic acids is 1. The lowest BCUT2D eigenvalue weighted by Crippen LogP contribution is -2.55. The van der Waals surface area contributed by atoms with E-state index in [2.05, 4.69) is 46.4 Å². The van der Waals surface area contributed by atoms with Gasteiger partial charge in [-0.15, -0.1) is 0 Å². The van der Waals surface area contributed by atoms with Crippen LogP contribution in [-0.4, -0.2) is 78.6 Å². The maximum atomic E-state index is 13.6. The summed E-state index contributed by atoms with van der Waals surface area (Å²) in [6.45, 7) is 8.96. The normalized spacial score (nSPS) is 17.0. The SMILES string of the molecule is C=C(F)C(=O)N1CCN(c2nc(OC)nc(CCCc3ccccc3Cl)c2CCC)CC1CC#N.CN1CCCC1. The summed E-state index contributed by atoms with van der Waals surface area (Å²) in [4.78, 5) is 27.4. The Labute approximate surface area is 248 Å². The highest BCUT2D eigenvalue weighted by Gasteiger charge is 2.33. The Bertz CT molecular complexity index is 1210. The van der Waals surface area contributed by atoms with Gasteiger partial charge in [0.2, 0.25) is 0 Å². The first-order valence-electron chi connectivity index (χ1n) is 14.4. The lowest BCUT2D eigenvalue weighted by Gasteiger charge is -2.41. The number of benzene rings is 1. The number of rotatable bonds is 10. The Kier molecular flexibility index (Phi) is 12.8. The lowest BCUT2D eigenvalue weighted by atomic mass is 10.0. The fourth-order valence-corrected chi connectivity index (χ4v) is 5.56. The second kappa shape index (κ2) is 16.3. The van der Waals surface area contributed by atoms with Gasteiger partial charge in [-0.05, 0) is 70.3 Å². The molecule has 2 fully saturated rings. The van der Waals surface area contributed by atoms with Gasteiger partial charge >= 0.3 is 6.01 Å². The minimum absolute atomic E-state index is 0.0888. The minimum Gasteiger partial charge on any atom is -0.467 e. The van der Waals surface area contributed by atoms with E-state index in [0.29, 0.717) is 13.1 Å². The third-order valence-electron chi connectivity index (χ3n) is 7.48. The number of ether oxygens (including phenoxy) is 1. The van der Waals surface area contributed by atoms with Gasteiger partial charge in [-0.1, -0.05) is 49.7 Å². The van der Waals surface area contributed by atoms with Crippen LogP contribution in [0.3, 0.4) is 0 Å². The van der Waals surface area contributed by atoms with E-state index in [1.54, 1.807) is 0 Å². The molecular formula is C31H42ClFN6O2. The third-order valence-corrected chi connectivity index (χ3v) is 7.85. The van der Waals surface area contributed by atoms with Crippen LogP contribution in [0.5, 0.6) is 6.01 Å². The highest BCUT2D eigenvalue weighted by molar-refractivity contribution is 6.31. The Hall–Kier alpha value is -3.22. The molecule has 4 rings (SSSR count). The molecule has 41 heavy (non-hydrogen) atoms. The lowest BCUT2D eigenvalue weighted by molar-refractivity contribution is -0.131. The third kappa shape index (κ3) is 9.14. The van der Waals surface area contributed by atoms with Crippen molar-refractivity contribution >= 4 is 23.3 Å². The van der Waals surface area contributed by atoms with Crippen LogP contribution in [-0.2, 0) is 24.1 Å². The van der Waals surface area contributed by atoms with E-state index >= 15 is 0 Å². The van der Waals surface area contributed by atoms with Crippen molar-refractivity contribution in [2.45, 2.75) is 64.3 Å². The topological polar surface area (TPSA) is 85.6 Å². The predicted molar refractivity (Wildman–Crippen MR) is 161 cm³/mol. The average molecular weight is 585 g/mol. The van der Waals surface area contributed by atoms with Crippen molar-refractivity contribution in [3.05, 3.63) is 58.5 Å². The summed E-state index contributed by atoms with van der Waals surface area (Å²) in [7, 11) is 3.71. The Morgan fingerprint density at radius 2 is 1.90 bits per heavy atom. The van der Waals surface area contributed by atoms with E-state index < -0.39 is 17.8 Å². The number of methoxy groups -OCH3 is 1. The van der Waals surface area contributed by atoms with E-state index in [1.165, 1.54) is 37.9 Å². The van der Waals surface area contributed by atoms with Crippen LogP contribution in [0.15, 0.2) is 36.7 Å². The standard InChI is InChI=1S/C26H31ClFN5O2.C5H11N/c1-4-8-21-23(12-7-10-19-9-5-6-11-22(19)27)30-26(35-3)31-24(21)32-15-16-33(25(34)18(2)28)20(17-32)13-14-29;1-6-4-2-3-5-6/h5-6,9,11,20H,2,4,7-8,10,12-13,15-17H2,1,3H3;2-5H2,1H3. The molecule has 2 aromatic rings. The Morgan fingerprint density at radius 1 is 1.17 bits per heavy atom. The molecule has 0 N–H and O–H groups in total. The highest BCUT2D eigenvalue weighted by Crippen LogP contribution is 2.29. The summed E-state index contributed by atoms with van der Waals surface area (Å²) in [5.41, 5.74) is 3.06. The fourth-order valence-electron chi connectivity index (χ4n) is 5.33. The number of nitriles is 1. The summed E-state index contributed by atoms with van der Waals surface area (Å²) < 4.78 is 19.0. The summed E-state index contributed by atoms with van der Waals surface area (Å²) in [5.74, 6) is -1.03. The average Bonchev–Trinajstić information content (AvgIpc) is 3.45. The molecule has 2 aliphatic rings. The van der Waals surface area contributed by atoms with E-state index in [9.17, 15) is 14.4 Å². The summed E-state index contributed by atoms with van der Waals surface area (Å²) in [6.07, 6.45) is 7.02. The first-order chi connectivity index (χ1) is 19.8. The molecule has 1 atom stereocenters. The first kappa shape index (κ1) is 32.3. The molecule has 1 aromatic carbocycles. The summed E-state index contributed by atoms with van der Waals surface area (Å²) >= 11 is 6.32. The Morgan fingerprint density at radius 3 is 2.49 bits per heavy atom. The first-order valence-corrected chi connectivity index (χ1v) is 14.8. The van der Waals surface area contributed by atoms with Gasteiger partial charge in [-0.2, -0.15) is 15.2 Å². The van der Waals surface area contributed by atoms with E-state index in [1.807, 2.05) is 24.3 Å². The fraction of sp³-hybridized carbons (Fsp3) is 0.548. The van der Waals surface area contributed by atoms with Crippen molar-refractivity contribution in [2.24, 2.45) is 0 Å². The predicted octanol–water partition coefficient (Wildman–Crippen LogP) is 5.39. The molecule has 0 aliphatic carbocycles. The summed E-state index contributed by atoms with van der Waals surface area (Å²) in [5, 5.41) is 10.1. The second-order valence-corrected chi connectivity index (χ2v) is 10.9. The van der Waals surface area contributed by atoms with Crippen LogP contribution in [0, 0.1) is 11.3 Å². The molecule has 2 aliphatic heterocycles. The molecular weight excluding hydrogens is 543 g/mol. The number of likely N-dealkylation sites (tertiary alicyclic amines) is 1. The smallest absolute Gasteiger partial charge is 0.318 e. The molecule has 0 radical (unpaired) electrons. The van der Waals surface area contributed by atoms with E-state index in [0.717, 1.165) is 59.8 Å². The molecule has 1 amide bonds. The minimum atomic E-state index is -1.02. The monoisotopic (exact) mass is 584 g/mol. The number of carbonyl (C=O) groups is 1. The van der Waals surface area contributed by atoms with Crippen LogP contribution in [0.25, 0.3) is 0 Å². The second-order valence-electron chi connectivity index (χ2n) is 10.5. The molecule has 0 spiro atoms. The molecule has 0 saturated carbocycles. The number of anilines is 1. The van der Waals surface area contributed by atoms with Crippen molar-refractivity contribution < 1.29 is 13.9 Å². The van der Waals surface area contributed by atoms with Gasteiger partial charge in [0.1, 0.15) is 5.82 Å². The Balaban J connectivity index is 0.000000681.